The molecular weight excluding hydrogens is 390 g/mol. The highest BCUT2D eigenvalue weighted by Crippen LogP contribution is 2.26. The molecule has 1 aliphatic carbocycles. The first-order valence-electron chi connectivity index (χ1n) is 9.93. The van der Waals surface area contributed by atoms with Crippen molar-refractivity contribution in [3.63, 3.8) is 0 Å². The van der Waals surface area contributed by atoms with Gasteiger partial charge in [0.1, 0.15) is 5.76 Å². The second-order valence-electron chi connectivity index (χ2n) is 7.67. The van der Waals surface area contributed by atoms with Crippen LogP contribution in [0.2, 0.25) is 0 Å². The van der Waals surface area contributed by atoms with Gasteiger partial charge in [0.15, 0.2) is 17.3 Å². The number of carbonyl (C=O) groups is 1. The van der Waals surface area contributed by atoms with E-state index in [0.717, 1.165) is 30.2 Å². The minimum absolute atomic E-state index is 0.0475. The standard InChI is InChI=1S/C22H24F2N4O2/c1-27(13-16-6-4-10-30-16)22(29)21-17-11-15(8-9-19(17)28(2)26-21)25-12-14-5-3-7-18(23)20(14)24/h3-7,10,15,25H,8-9,11-13H2,1-2H3/t15-/m0/s1. The molecule has 1 atom stereocenters. The molecule has 4 rings (SSSR count). The largest absolute Gasteiger partial charge is 0.467 e. The molecule has 1 aromatic carbocycles. The monoisotopic (exact) mass is 414 g/mol. The van der Waals surface area contributed by atoms with Gasteiger partial charge in [-0.1, -0.05) is 12.1 Å². The number of amides is 1. The lowest BCUT2D eigenvalue weighted by Crippen LogP contribution is -2.35. The van der Waals surface area contributed by atoms with Gasteiger partial charge in [0, 0.05) is 43.5 Å². The number of aryl methyl sites for hydroxylation is 1. The number of nitrogens with zero attached hydrogens (tertiary/aromatic N) is 3. The van der Waals surface area contributed by atoms with Crippen molar-refractivity contribution in [1.82, 2.24) is 20.0 Å². The number of aromatic nitrogens is 2. The van der Waals surface area contributed by atoms with Crippen LogP contribution >= 0.6 is 0 Å². The lowest BCUT2D eigenvalue weighted by atomic mass is 9.91. The van der Waals surface area contributed by atoms with E-state index in [-0.39, 0.29) is 18.5 Å². The van der Waals surface area contributed by atoms with E-state index in [1.807, 2.05) is 13.1 Å². The lowest BCUT2D eigenvalue weighted by Gasteiger charge is -2.25. The second-order valence-corrected chi connectivity index (χ2v) is 7.67. The summed E-state index contributed by atoms with van der Waals surface area (Å²) in [6.07, 6.45) is 3.78. The topological polar surface area (TPSA) is 63.3 Å². The molecule has 0 radical (unpaired) electrons. The fourth-order valence-electron chi connectivity index (χ4n) is 3.96. The highest BCUT2D eigenvalue weighted by Gasteiger charge is 2.29. The summed E-state index contributed by atoms with van der Waals surface area (Å²) < 4.78 is 34.5. The fourth-order valence-corrected chi connectivity index (χ4v) is 3.96. The predicted molar refractivity (Wildman–Crippen MR) is 107 cm³/mol. The molecule has 0 spiro atoms. The Morgan fingerprint density at radius 3 is 2.93 bits per heavy atom. The Bertz CT molecular complexity index is 1050. The molecule has 0 saturated carbocycles. The van der Waals surface area contributed by atoms with Crippen molar-refractivity contribution in [2.24, 2.45) is 7.05 Å². The Balaban J connectivity index is 1.47. The van der Waals surface area contributed by atoms with Crippen molar-refractivity contribution in [3.05, 3.63) is 76.5 Å². The van der Waals surface area contributed by atoms with Crippen LogP contribution in [0.3, 0.4) is 0 Å². The van der Waals surface area contributed by atoms with Gasteiger partial charge in [0.2, 0.25) is 0 Å². The SMILES string of the molecule is CN(Cc1ccco1)C(=O)c1nn(C)c2c1C[C@@H](NCc1cccc(F)c1F)CC2. The van der Waals surface area contributed by atoms with Crippen molar-refractivity contribution in [2.75, 3.05) is 7.05 Å². The van der Waals surface area contributed by atoms with Crippen molar-refractivity contribution in [2.45, 2.75) is 38.4 Å². The first-order valence-corrected chi connectivity index (χ1v) is 9.93. The van der Waals surface area contributed by atoms with Gasteiger partial charge in [-0.3, -0.25) is 9.48 Å². The van der Waals surface area contributed by atoms with Gasteiger partial charge in [0.05, 0.1) is 12.8 Å². The maximum Gasteiger partial charge on any atom is 0.274 e. The summed E-state index contributed by atoms with van der Waals surface area (Å²) in [5.41, 5.74) is 2.68. The van der Waals surface area contributed by atoms with Gasteiger partial charge in [0.25, 0.3) is 5.91 Å². The molecule has 2 aromatic heterocycles. The van der Waals surface area contributed by atoms with Crippen LogP contribution in [0.25, 0.3) is 0 Å². The number of fused-ring (bicyclic) bond motifs is 1. The normalized spacial score (nSPS) is 15.8. The number of furan rings is 1. The van der Waals surface area contributed by atoms with Gasteiger partial charge in [-0.2, -0.15) is 5.10 Å². The molecule has 1 N–H and O–H groups in total. The molecule has 8 heteroatoms. The zero-order valence-corrected chi connectivity index (χ0v) is 17.0. The molecule has 3 aromatic rings. The first-order chi connectivity index (χ1) is 14.4. The van der Waals surface area contributed by atoms with Gasteiger partial charge in [-0.15, -0.1) is 0 Å². The van der Waals surface area contributed by atoms with Gasteiger partial charge < -0.3 is 14.6 Å². The van der Waals surface area contributed by atoms with Crippen molar-refractivity contribution >= 4 is 5.91 Å². The maximum absolute atomic E-state index is 13.9. The number of nitrogens with one attached hydrogen (secondary N) is 1. The quantitative estimate of drug-likeness (QED) is 0.673. The summed E-state index contributed by atoms with van der Waals surface area (Å²) in [6.45, 7) is 0.587. The number of carbonyl (C=O) groups excluding carboxylic acids is 1. The highest BCUT2D eigenvalue weighted by atomic mass is 19.2. The minimum Gasteiger partial charge on any atom is -0.467 e. The van der Waals surface area contributed by atoms with E-state index in [1.54, 1.807) is 35.0 Å². The van der Waals surface area contributed by atoms with Crippen LogP contribution < -0.4 is 5.32 Å². The number of hydrogen-bond acceptors (Lipinski definition) is 4. The van der Waals surface area contributed by atoms with E-state index >= 15 is 0 Å². The maximum atomic E-state index is 13.9. The minimum atomic E-state index is -0.847. The summed E-state index contributed by atoms with van der Waals surface area (Å²) in [5.74, 6) is -1.13. The average Bonchev–Trinajstić information content (AvgIpc) is 3.36. The molecule has 0 aliphatic heterocycles. The average molecular weight is 414 g/mol. The second kappa shape index (κ2) is 8.39. The van der Waals surface area contributed by atoms with E-state index in [2.05, 4.69) is 10.4 Å². The number of halogens is 2. The molecule has 0 unspecified atom stereocenters. The molecule has 0 fully saturated rings. The van der Waals surface area contributed by atoms with Gasteiger partial charge in [-0.25, -0.2) is 8.78 Å². The van der Waals surface area contributed by atoms with Crippen molar-refractivity contribution in [1.29, 1.82) is 0 Å². The summed E-state index contributed by atoms with van der Waals surface area (Å²) in [6, 6.07) is 7.84. The fraction of sp³-hybridized carbons (Fsp3) is 0.364. The number of rotatable bonds is 6. The Labute approximate surface area is 173 Å². The molecule has 30 heavy (non-hydrogen) atoms. The zero-order chi connectivity index (χ0) is 21.3. The Hall–Kier alpha value is -3.00. The van der Waals surface area contributed by atoms with E-state index in [1.165, 1.54) is 6.07 Å². The summed E-state index contributed by atoms with van der Waals surface area (Å²) in [7, 11) is 3.56. The van der Waals surface area contributed by atoms with Crippen LogP contribution in [-0.4, -0.2) is 33.7 Å². The zero-order valence-electron chi connectivity index (χ0n) is 17.0. The molecule has 6 nitrogen and oxygen atoms in total. The first kappa shape index (κ1) is 20.3. The third-order valence-electron chi connectivity index (χ3n) is 5.59. The molecule has 2 heterocycles. The molecule has 1 amide bonds. The Morgan fingerprint density at radius 1 is 1.33 bits per heavy atom. The third-order valence-corrected chi connectivity index (χ3v) is 5.59. The summed E-state index contributed by atoms with van der Waals surface area (Å²) in [5, 5.41) is 7.78. The highest BCUT2D eigenvalue weighted by molar-refractivity contribution is 5.94. The van der Waals surface area contributed by atoms with Crippen molar-refractivity contribution in [3.8, 4) is 0 Å². The van der Waals surface area contributed by atoms with E-state index < -0.39 is 11.6 Å². The van der Waals surface area contributed by atoms with Crippen LogP contribution in [-0.2, 0) is 33.0 Å². The molecule has 1 aliphatic rings. The van der Waals surface area contributed by atoms with Crippen LogP contribution in [0.5, 0.6) is 0 Å². The van der Waals surface area contributed by atoms with Crippen LogP contribution in [0.15, 0.2) is 41.0 Å². The summed E-state index contributed by atoms with van der Waals surface area (Å²) >= 11 is 0. The van der Waals surface area contributed by atoms with Gasteiger partial charge in [-0.05, 0) is 37.5 Å². The van der Waals surface area contributed by atoms with E-state index in [9.17, 15) is 13.6 Å². The summed E-state index contributed by atoms with van der Waals surface area (Å²) in [4.78, 5) is 14.6. The molecule has 0 saturated heterocycles. The predicted octanol–water partition coefficient (Wildman–Crippen LogP) is 3.21. The smallest absolute Gasteiger partial charge is 0.274 e. The van der Waals surface area contributed by atoms with E-state index in [0.29, 0.717) is 30.0 Å². The van der Waals surface area contributed by atoms with Crippen molar-refractivity contribution < 1.29 is 18.0 Å². The van der Waals surface area contributed by atoms with Crippen LogP contribution in [0, 0.1) is 11.6 Å². The van der Waals surface area contributed by atoms with Crippen LogP contribution in [0.4, 0.5) is 8.78 Å². The molecular formula is C22H24F2N4O2. The Kier molecular flexibility index (Phi) is 5.67. The van der Waals surface area contributed by atoms with E-state index in [4.69, 9.17) is 4.42 Å². The lowest BCUT2D eigenvalue weighted by molar-refractivity contribution is 0.0767. The number of hydrogen-bond donors (Lipinski definition) is 1. The number of benzene rings is 1. The van der Waals surface area contributed by atoms with Crippen LogP contribution in [0.1, 0.15) is 39.5 Å². The third kappa shape index (κ3) is 4.00. The van der Waals surface area contributed by atoms with Gasteiger partial charge >= 0.3 is 0 Å². The molecule has 0 bridgehead atoms. The Morgan fingerprint density at radius 2 is 2.17 bits per heavy atom. The molecule has 158 valence electrons.